The second kappa shape index (κ2) is 19.1. The van der Waals surface area contributed by atoms with E-state index in [-0.39, 0.29) is 39.2 Å². The zero-order valence-electron chi connectivity index (χ0n) is 28.0. The maximum absolute atomic E-state index is 12.6. The zero-order chi connectivity index (χ0) is 35.9. The lowest BCUT2D eigenvalue weighted by Gasteiger charge is -2.09. The third-order valence-corrected chi connectivity index (χ3v) is 8.89. The van der Waals surface area contributed by atoms with Crippen LogP contribution in [0.3, 0.4) is 0 Å². The Bertz CT molecular complexity index is 1890. The van der Waals surface area contributed by atoms with Crippen LogP contribution in [0.5, 0.6) is 11.5 Å². The van der Waals surface area contributed by atoms with Crippen LogP contribution in [0.15, 0.2) is 102 Å². The second-order valence-corrected chi connectivity index (χ2v) is 13.4. The molecule has 0 aliphatic heterocycles. The number of unbranched alkanes of at least 4 members (excludes halogenated alkanes) is 1. The van der Waals surface area contributed by atoms with Crippen molar-refractivity contribution < 1.29 is 19.1 Å². The Morgan fingerprint density at radius 3 is 1.66 bits per heavy atom. The number of aliphatic imine (C=N–C) groups is 1. The number of rotatable bonds is 13. The molecule has 0 heterocycles. The third-order valence-electron chi connectivity index (χ3n) is 7.38. The molecular formula is C38H40N6O4S2. The Morgan fingerprint density at radius 2 is 1.14 bits per heavy atom. The van der Waals surface area contributed by atoms with E-state index < -0.39 is 5.91 Å². The number of hydrogen-bond acceptors (Lipinski definition) is 9. The molecule has 2 amide bonds. The van der Waals surface area contributed by atoms with Crippen LogP contribution in [0.2, 0.25) is 0 Å². The zero-order valence-corrected chi connectivity index (χ0v) is 29.6. The van der Waals surface area contributed by atoms with E-state index >= 15 is 0 Å². The van der Waals surface area contributed by atoms with Crippen molar-refractivity contribution in [2.75, 3.05) is 14.2 Å². The molecule has 12 heteroatoms. The molecule has 4 aromatic rings. The van der Waals surface area contributed by atoms with Crippen molar-refractivity contribution in [2.45, 2.75) is 38.5 Å². The van der Waals surface area contributed by atoms with E-state index in [0.29, 0.717) is 25.7 Å². The van der Waals surface area contributed by atoms with E-state index in [2.05, 4.69) is 10.3 Å². The smallest absolute Gasteiger partial charge is 0.252 e. The van der Waals surface area contributed by atoms with Gasteiger partial charge in [0.2, 0.25) is 5.91 Å². The highest BCUT2D eigenvalue weighted by molar-refractivity contribution is 8.26. The highest BCUT2D eigenvalue weighted by Crippen LogP contribution is 2.26. The summed E-state index contributed by atoms with van der Waals surface area (Å²) in [5.41, 5.74) is 11.4. The minimum Gasteiger partial charge on any atom is -0.497 e. The lowest BCUT2D eigenvalue weighted by atomic mass is 10.0. The SMILES string of the molecule is COc1cccc(-c2cccc(CC(=O)N=C(N)SC(=N)CCCCC(=N)SC(=N)NC(=O)Cc3cccc(-c4cccc(OC)c4)c3)c2)c1. The topological polar surface area (TPSA) is 175 Å². The molecule has 0 aliphatic carbocycles. The van der Waals surface area contributed by atoms with Crippen molar-refractivity contribution in [1.82, 2.24) is 5.32 Å². The number of carbonyl (C=O) groups is 2. The molecule has 0 aromatic heterocycles. The van der Waals surface area contributed by atoms with E-state index in [1.165, 1.54) is 0 Å². The molecule has 0 radical (unpaired) electrons. The first-order chi connectivity index (χ1) is 24.1. The average Bonchev–Trinajstić information content (AvgIpc) is 3.10. The maximum atomic E-state index is 12.6. The van der Waals surface area contributed by atoms with Gasteiger partial charge in [-0.05, 0) is 107 Å². The molecule has 4 aromatic carbocycles. The first-order valence-corrected chi connectivity index (χ1v) is 17.5. The summed E-state index contributed by atoms with van der Waals surface area (Å²) in [5.74, 6) is 0.772. The Hall–Kier alpha value is -5.20. The lowest BCUT2D eigenvalue weighted by Crippen LogP contribution is -2.29. The van der Waals surface area contributed by atoms with Gasteiger partial charge in [-0.3, -0.25) is 25.8 Å². The summed E-state index contributed by atoms with van der Waals surface area (Å²) >= 11 is 1.85. The molecular weight excluding hydrogens is 669 g/mol. The quantitative estimate of drug-likeness (QED) is 0.0537. The monoisotopic (exact) mass is 708 g/mol. The number of thioether (sulfide) groups is 2. The van der Waals surface area contributed by atoms with Gasteiger partial charge in [0.15, 0.2) is 10.3 Å². The van der Waals surface area contributed by atoms with Crippen molar-refractivity contribution in [3.63, 3.8) is 0 Å². The van der Waals surface area contributed by atoms with Crippen molar-refractivity contribution in [3.05, 3.63) is 108 Å². The Kier molecular flexibility index (Phi) is 14.4. The van der Waals surface area contributed by atoms with Gasteiger partial charge in [-0.2, -0.15) is 4.99 Å². The molecule has 0 spiro atoms. The Balaban J connectivity index is 1.13. The first kappa shape index (κ1) is 37.6. The summed E-state index contributed by atoms with van der Waals surface area (Å²) in [6, 6.07) is 30.7. The van der Waals surface area contributed by atoms with E-state index in [4.69, 9.17) is 31.4 Å². The van der Waals surface area contributed by atoms with Crippen molar-refractivity contribution in [2.24, 2.45) is 10.7 Å². The van der Waals surface area contributed by atoms with E-state index in [0.717, 1.165) is 68.4 Å². The molecule has 0 saturated carbocycles. The molecule has 0 saturated heterocycles. The average molecular weight is 709 g/mol. The molecule has 6 N–H and O–H groups in total. The molecule has 0 bridgehead atoms. The number of carbonyl (C=O) groups excluding carboxylic acids is 2. The van der Waals surface area contributed by atoms with Gasteiger partial charge in [0, 0.05) is 0 Å². The largest absolute Gasteiger partial charge is 0.497 e. The van der Waals surface area contributed by atoms with E-state index in [9.17, 15) is 9.59 Å². The molecule has 0 aliphatic rings. The number of nitrogens with two attached hydrogens (primary N) is 1. The highest BCUT2D eigenvalue weighted by Gasteiger charge is 2.12. The van der Waals surface area contributed by atoms with Crippen molar-refractivity contribution in [3.8, 4) is 33.8 Å². The number of benzene rings is 4. The van der Waals surface area contributed by atoms with Gasteiger partial charge in [0.1, 0.15) is 11.5 Å². The lowest BCUT2D eigenvalue weighted by molar-refractivity contribution is -0.119. The number of ether oxygens (including phenoxy) is 2. The summed E-state index contributed by atoms with van der Waals surface area (Å²) < 4.78 is 10.6. The summed E-state index contributed by atoms with van der Waals surface area (Å²) in [7, 11) is 3.23. The summed E-state index contributed by atoms with van der Waals surface area (Å²) in [6.45, 7) is 0. The van der Waals surface area contributed by atoms with Gasteiger partial charge in [-0.1, -0.05) is 72.8 Å². The molecule has 258 valence electrons. The Morgan fingerprint density at radius 1 is 0.680 bits per heavy atom. The fraction of sp³-hybridized carbons (Fsp3) is 0.211. The molecule has 10 nitrogen and oxygen atoms in total. The maximum Gasteiger partial charge on any atom is 0.252 e. The number of methoxy groups -OCH3 is 2. The fourth-order valence-electron chi connectivity index (χ4n) is 4.99. The van der Waals surface area contributed by atoms with Crippen LogP contribution < -0.4 is 20.5 Å². The molecule has 0 unspecified atom stereocenters. The number of amidine groups is 2. The van der Waals surface area contributed by atoms with Crippen LogP contribution in [-0.4, -0.2) is 46.5 Å². The Labute approximate surface area is 300 Å². The number of hydrogen-bond donors (Lipinski definition) is 5. The highest BCUT2D eigenvalue weighted by atomic mass is 32.2. The van der Waals surface area contributed by atoms with Gasteiger partial charge in [-0.25, -0.2) is 0 Å². The first-order valence-electron chi connectivity index (χ1n) is 15.8. The normalized spacial score (nSPS) is 11.0. The predicted octanol–water partition coefficient (Wildman–Crippen LogP) is 7.70. The fourth-order valence-corrected chi connectivity index (χ4v) is 6.30. The van der Waals surface area contributed by atoms with E-state index in [1.54, 1.807) is 14.2 Å². The number of nitrogens with zero attached hydrogens (tertiary/aromatic N) is 1. The second-order valence-electron chi connectivity index (χ2n) is 11.2. The number of nitrogens with one attached hydrogen (secondary N) is 4. The van der Waals surface area contributed by atoms with Gasteiger partial charge < -0.3 is 20.5 Å². The molecule has 0 atom stereocenters. The molecule has 4 rings (SSSR count). The van der Waals surface area contributed by atoms with Crippen LogP contribution in [0, 0.1) is 16.2 Å². The van der Waals surface area contributed by atoms with Crippen LogP contribution in [-0.2, 0) is 22.4 Å². The standard InChI is InChI=1S/C38H40N6O4S2/c1-47-31-15-7-13-29(23-31)27-11-5-9-25(19-27)21-35(45)43-37(41)49-33(39)17-3-4-18-34(40)50-38(42)44-36(46)22-26-10-6-12-28(20-26)30-14-8-16-32(24-30)48-2/h5-16,19-20,23-24,39-40H,3-4,17-18,21-22H2,1-2H3,(H2,41,43,45)(H2,42,44,46). The minimum absolute atomic E-state index is 0.0171. The molecule has 0 fully saturated rings. The predicted molar refractivity (Wildman–Crippen MR) is 206 cm³/mol. The van der Waals surface area contributed by atoms with Gasteiger partial charge in [0.05, 0.1) is 37.1 Å². The van der Waals surface area contributed by atoms with Crippen LogP contribution in [0.4, 0.5) is 0 Å². The summed E-state index contributed by atoms with van der Waals surface area (Å²) in [4.78, 5) is 29.1. The van der Waals surface area contributed by atoms with Gasteiger partial charge in [-0.15, -0.1) is 0 Å². The van der Waals surface area contributed by atoms with Crippen molar-refractivity contribution >= 4 is 55.8 Å². The summed E-state index contributed by atoms with van der Waals surface area (Å²) in [5, 5.41) is 27.6. The van der Waals surface area contributed by atoms with E-state index in [1.807, 2.05) is 97.1 Å². The van der Waals surface area contributed by atoms with Gasteiger partial charge >= 0.3 is 0 Å². The molecule has 50 heavy (non-hydrogen) atoms. The van der Waals surface area contributed by atoms with Crippen LogP contribution >= 0.6 is 23.5 Å². The number of amides is 2. The summed E-state index contributed by atoms with van der Waals surface area (Å²) in [6.07, 6.45) is 2.24. The minimum atomic E-state index is -0.396. The third kappa shape index (κ3) is 12.4. The van der Waals surface area contributed by atoms with Crippen LogP contribution in [0.1, 0.15) is 36.8 Å². The van der Waals surface area contributed by atoms with Gasteiger partial charge in [0.25, 0.3) is 5.91 Å². The van der Waals surface area contributed by atoms with Crippen molar-refractivity contribution in [1.29, 1.82) is 16.2 Å². The van der Waals surface area contributed by atoms with Crippen LogP contribution in [0.25, 0.3) is 22.3 Å².